The van der Waals surface area contributed by atoms with Crippen molar-refractivity contribution < 1.29 is 0 Å². The summed E-state index contributed by atoms with van der Waals surface area (Å²) in [6, 6.07) is 14.7. The zero-order valence-corrected chi connectivity index (χ0v) is 11.6. The molecule has 2 nitrogen and oxygen atoms in total. The molecule has 2 aromatic rings. The van der Waals surface area contributed by atoms with Gasteiger partial charge >= 0.3 is 0 Å². The summed E-state index contributed by atoms with van der Waals surface area (Å²) in [6.45, 7) is 0. The highest BCUT2D eigenvalue weighted by Crippen LogP contribution is 2.36. The van der Waals surface area contributed by atoms with Crippen LogP contribution < -0.4 is 5.73 Å². The zero-order valence-electron chi connectivity index (χ0n) is 10.8. The molecular weight excluding hydrogens is 252 g/mol. The van der Waals surface area contributed by atoms with E-state index in [4.69, 9.17) is 5.73 Å². The summed E-state index contributed by atoms with van der Waals surface area (Å²) in [6.07, 6.45) is 5.34. The normalized spacial score (nSPS) is 22.6. The highest BCUT2D eigenvalue weighted by Gasteiger charge is 2.25. The van der Waals surface area contributed by atoms with Crippen molar-refractivity contribution in [1.29, 1.82) is 0 Å². The molecule has 1 heterocycles. The van der Waals surface area contributed by atoms with Gasteiger partial charge in [-0.2, -0.15) is 0 Å². The highest BCUT2D eigenvalue weighted by molar-refractivity contribution is 7.99. The van der Waals surface area contributed by atoms with Gasteiger partial charge in [-0.3, -0.25) is 0 Å². The molecule has 2 unspecified atom stereocenters. The molecule has 1 aromatic carbocycles. The van der Waals surface area contributed by atoms with Crippen LogP contribution in [0, 0.1) is 0 Å². The Hall–Kier alpha value is -1.32. The van der Waals surface area contributed by atoms with Gasteiger partial charge in [0.2, 0.25) is 0 Å². The smallest absolute Gasteiger partial charge is 0.0963 e. The van der Waals surface area contributed by atoms with E-state index < -0.39 is 0 Å². The molecular formula is C16H18N2S. The number of benzene rings is 1. The Morgan fingerprint density at radius 2 is 1.95 bits per heavy atom. The lowest BCUT2D eigenvalue weighted by molar-refractivity contribution is 0.631. The number of hydrogen-bond donors (Lipinski definition) is 1. The van der Waals surface area contributed by atoms with Crippen LogP contribution in [-0.2, 0) is 6.42 Å². The Kier molecular flexibility index (Phi) is 3.85. The highest BCUT2D eigenvalue weighted by atomic mass is 32.2. The third kappa shape index (κ3) is 2.82. The van der Waals surface area contributed by atoms with E-state index in [0.717, 1.165) is 17.9 Å². The third-order valence-corrected chi connectivity index (χ3v) is 4.97. The van der Waals surface area contributed by atoms with E-state index in [-0.39, 0.29) is 6.04 Å². The summed E-state index contributed by atoms with van der Waals surface area (Å²) >= 11 is 1.81. The van der Waals surface area contributed by atoms with Crippen molar-refractivity contribution in [3.63, 3.8) is 0 Å². The van der Waals surface area contributed by atoms with Crippen LogP contribution in [0.15, 0.2) is 53.7 Å². The van der Waals surface area contributed by atoms with E-state index in [0.29, 0.717) is 5.25 Å². The summed E-state index contributed by atoms with van der Waals surface area (Å²) in [5.74, 6) is 0. The third-order valence-electron chi connectivity index (χ3n) is 3.66. The number of aromatic nitrogens is 1. The van der Waals surface area contributed by atoms with Gasteiger partial charge in [0.1, 0.15) is 0 Å². The Balaban J connectivity index is 1.84. The van der Waals surface area contributed by atoms with Gasteiger partial charge in [-0.15, -0.1) is 11.8 Å². The minimum atomic E-state index is 0.103. The number of aryl methyl sites for hydroxylation is 1. The fraction of sp³-hybridized carbons (Fsp3) is 0.312. The van der Waals surface area contributed by atoms with Crippen molar-refractivity contribution in [3.8, 4) is 0 Å². The monoisotopic (exact) mass is 270 g/mol. The van der Waals surface area contributed by atoms with Gasteiger partial charge < -0.3 is 5.73 Å². The SMILES string of the molecule is NC1c2ccccc2CCCC1Sc1ccccn1. The molecule has 1 aliphatic rings. The maximum absolute atomic E-state index is 6.49. The first-order chi connectivity index (χ1) is 9.34. The summed E-state index contributed by atoms with van der Waals surface area (Å²) < 4.78 is 0. The van der Waals surface area contributed by atoms with Gasteiger partial charge in [-0.05, 0) is 42.5 Å². The number of pyridine rings is 1. The molecule has 2 N–H and O–H groups in total. The van der Waals surface area contributed by atoms with Crippen molar-refractivity contribution in [3.05, 3.63) is 59.8 Å². The van der Waals surface area contributed by atoms with Gasteiger partial charge in [-0.25, -0.2) is 4.98 Å². The molecule has 1 aliphatic carbocycles. The van der Waals surface area contributed by atoms with E-state index in [1.54, 1.807) is 0 Å². The summed E-state index contributed by atoms with van der Waals surface area (Å²) in [5, 5.41) is 1.49. The van der Waals surface area contributed by atoms with E-state index in [1.165, 1.54) is 17.5 Å². The van der Waals surface area contributed by atoms with Crippen molar-refractivity contribution in [1.82, 2.24) is 4.98 Å². The predicted octanol–water partition coefficient (Wildman–Crippen LogP) is 3.58. The average molecular weight is 270 g/mol. The molecule has 3 heteroatoms. The Bertz CT molecular complexity index is 541. The van der Waals surface area contributed by atoms with Gasteiger partial charge in [0.05, 0.1) is 5.03 Å². The predicted molar refractivity (Wildman–Crippen MR) is 80.2 cm³/mol. The molecule has 0 saturated carbocycles. The minimum Gasteiger partial charge on any atom is -0.323 e. The largest absolute Gasteiger partial charge is 0.323 e. The maximum atomic E-state index is 6.49. The van der Waals surface area contributed by atoms with Gasteiger partial charge in [-0.1, -0.05) is 30.3 Å². The van der Waals surface area contributed by atoms with E-state index in [2.05, 4.69) is 35.3 Å². The second kappa shape index (κ2) is 5.76. The molecule has 0 spiro atoms. The van der Waals surface area contributed by atoms with Gasteiger partial charge in [0, 0.05) is 17.5 Å². The van der Waals surface area contributed by atoms with Crippen LogP contribution in [-0.4, -0.2) is 10.2 Å². The van der Waals surface area contributed by atoms with Crippen molar-refractivity contribution in [2.75, 3.05) is 0 Å². The number of thioether (sulfide) groups is 1. The average Bonchev–Trinajstić information content (AvgIpc) is 2.61. The second-order valence-corrected chi connectivity index (χ2v) is 6.20. The van der Waals surface area contributed by atoms with Gasteiger partial charge in [0.25, 0.3) is 0 Å². The number of nitrogens with zero attached hydrogens (tertiary/aromatic N) is 1. The molecule has 98 valence electrons. The minimum absolute atomic E-state index is 0.103. The van der Waals surface area contributed by atoms with Crippen LogP contribution in [0.2, 0.25) is 0 Å². The topological polar surface area (TPSA) is 38.9 Å². The molecule has 0 aliphatic heterocycles. The number of fused-ring (bicyclic) bond motifs is 1. The number of nitrogens with two attached hydrogens (primary N) is 1. The van der Waals surface area contributed by atoms with Gasteiger partial charge in [0.15, 0.2) is 0 Å². The van der Waals surface area contributed by atoms with Crippen LogP contribution >= 0.6 is 11.8 Å². The standard InChI is InChI=1S/C16H18N2S/c17-16-13-8-2-1-6-12(13)7-5-9-14(16)19-15-10-3-4-11-18-15/h1-4,6,8,10-11,14,16H,5,7,9,17H2. The number of hydrogen-bond acceptors (Lipinski definition) is 3. The molecule has 0 saturated heterocycles. The molecule has 0 fully saturated rings. The van der Waals surface area contributed by atoms with Crippen LogP contribution in [0.25, 0.3) is 0 Å². The summed E-state index contributed by atoms with van der Waals surface area (Å²) in [4.78, 5) is 4.40. The Labute approximate surface area is 118 Å². The van der Waals surface area contributed by atoms with Crippen LogP contribution in [0.1, 0.15) is 30.0 Å². The molecule has 0 amide bonds. The molecule has 0 bridgehead atoms. The first-order valence-corrected chi connectivity index (χ1v) is 7.63. The zero-order chi connectivity index (χ0) is 13.1. The van der Waals surface area contributed by atoms with Crippen LogP contribution in [0.3, 0.4) is 0 Å². The first kappa shape index (κ1) is 12.7. The quantitative estimate of drug-likeness (QED) is 0.848. The molecule has 3 rings (SSSR count). The summed E-state index contributed by atoms with van der Waals surface area (Å²) in [5.41, 5.74) is 9.22. The second-order valence-electron chi connectivity index (χ2n) is 4.94. The maximum Gasteiger partial charge on any atom is 0.0963 e. The summed E-state index contributed by atoms with van der Waals surface area (Å²) in [7, 11) is 0. The van der Waals surface area contributed by atoms with Crippen molar-refractivity contribution >= 4 is 11.8 Å². The van der Waals surface area contributed by atoms with Crippen molar-refractivity contribution in [2.24, 2.45) is 5.73 Å². The molecule has 0 radical (unpaired) electrons. The Morgan fingerprint density at radius 1 is 1.11 bits per heavy atom. The lowest BCUT2D eigenvalue weighted by Gasteiger charge is -2.22. The fourth-order valence-electron chi connectivity index (χ4n) is 2.66. The van der Waals surface area contributed by atoms with Crippen LogP contribution in [0.5, 0.6) is 0 Å². The fourth-order valence-corrected chi connectivity index (χ4v) is 3.83. The van der Waals surface area contributed by atoms with E-state index in [1.807, 2.05) is 30.1 Å². The van der Waals surface area contributed by atoms with Crippen molar-refractivity contribution in [2.45, 2.75) is 35.6 Å². The van der Waals surface area contributed by atoms with E-state index >= 15 is 0 Å². The van der Waals surface area contributed by atoms with E-state index in [9.17, 15) is 0 Å². The molecule has 19 heavy (non-hydrogen) atoms. The molecule has 2 atom stereocenters. The first-order valence-electron chi connectivity index (χ1n) is 6.75. The number of rotatable bonds is 2. The van der Waals surface area contributed by atoms with Crippen LogP contribution in [0.4, 0.5) is 0 Å². The Morgan fingerprint density at radius 3 is 2.79 bits per heavy atom. The lowest BCUT2D eigenvalue weighted by Crippen LogP contribution is -2.23. The molecule has 1 aromatic heterocycles. The lowest BCUT2D eigenvalue weighted by atomic mass is 10.00.